The van der Waals surface area contributed by atoms with Gasteiger partial charge in [-0.1, -0.05) is 30.3 Å². The first kappa shape index (κ1) is 29.4. The number of aliphatic hydroxyl groups excluding tert-OH is 5. The maximum Gasteiger partial charge on any atom is 0.220 e. The highest BCUT2D eigenvalue weighted by Gasteiger charge is 2.40. The van der Waals surface area contributed by atoms with Crippen LogP contribution in [-0.4, -0.2) is 87.1 Å². The predicted molar refractivity (Wildman–Crippen MR) is 146 cm³/mol. The first-order valence-electron chi connectivity index (χ1n) is 12.6. The molecule has 1 aliphatic heterocycles. The van der Waals surface area contributed by atoms with Crippen LogP contribution in [0.3, 0.4) is 0 Å². The van der Waals surface area contributed by atoms with Crippen LogP contribution >= 0.6 is 10.9 Å². The van der Waals surface area contributed by atoms with Gasteiger partial charge >= 0.3 is 0 Å². The summed E-state index contributed by atoms with van der Waals surface area (Å²) in [5, 5.41) is 51.9. The molecule has 9 heteroatoms. The van der Waals surface area contributed by atoms with Crippen LogP contribution in [0.2, 0.25) is 0 Å². The molecule has 3 rings (SSSR count). The van der Waals surface area contributed by atoms with E-state index >= 15 is 0 Å². The standard InChI is InChI=1S/C28H41NO7S/c1-18-6-9-20(27-26(35)25(34)23(32)15-37(27)3)14-21(18)13-19-7-10-22(11-8-19)36-12-4-5-24(33)29-28(2,16-30)17-31/h6-11,14,23,25-27,30-32,34-35,37H,4-5,12-13,15-17H2,1-3H3,(H,29,33)/t23-,25-,26-,27+/m1/s1. The van der Waals surface area contributed by atoms with Gasteiger partial charge in [0.15, 0.2) is 0 Å². The highest BCUT2D eigenvalue weighted by molar-refractivity contribution is 8.16. The molecule has 1 unspecified atom stereocenters. The van der Waals surface area contributed by atoms with E-state index in [2.05, 4.69) is 30.6 Å². The second-order valence-electron chi connectivity index (χ2n) is 10.3. The highest BCUT2D eigenvalue weighted by atomic mass is 32.2. The Hall–Kier alpha value is -2.14. The van der Waals surface area contributed by atoms with Gasteiger partial charge in [-0.05, 0) is 67.3 Å². The Balaban J connectivity index is 1.55. The molecule has 206 valence electrons. The first-order chi connectivity index (χ1) is 17.6. The number of aryl methyl sites for hydroxylation is 1. The van der Waals surface area contributed by atoms with Crippen LogP contribution in [0.25, 0.3) is 0 Å². The zero-order valence-electron chi connectivity index (χ0n) is 21.8. The molecule has 0 aromatic heterocycles. The summed E-state index contributed by atoms with van der Waals surface area (Å²) in [7, 11) is -0.667. The highest BCUT2D eigenvalue weighted by Crippen LogP contribution is 2.48. The summed E-state index contributed by atoms with van der Waals surface area (Å²) in [4.78, 5) is 12.0. The van der Waals surface area contributed by atoms with Gasteiger partial charge in [-0.25, -0.2) is 10.9 Å². The van der Waals surface area contributed by atoms with Crippen LogP contribution in [0.1, 0.15) is 47.3 Å². The Bertz CT molecular complexity index is 1030. The molecule has 0 spiro atoms. The van der Waals surface area contributed by atoms with Crippen molar-refractivity contribution in [3.8, 4) is 5.75 Å². The summed E-state index contributed by atoms with van der Waals surface area (Å²) in [5.74, 6) is 0.974. The summed E-state index contributed by atoms with van der Waals surface area (Å²) in [5.41, 5.74) is 3.37. The van der Waals surface area contributed by atoms with E-state index < -0.39 is 34.7 Å². The van der Waals surface area contributed by atoms with Gasteiger partial charge in [0.25, 0.3) is 0 Å². The van der Waals surface area contributed by atoms with Gasteiger partial charge in [0.2, 0.25) is 5.91 Å². The minimum atomic E-state index is -1.13. The van der Waals surface area contributed by atoms with Gasteiger partial charge in [0, 0.05) is 17.4 Å². The third-order valence-corrected chi connectivity index (χ3v) is 9.51. The maximum absolute atomic E-state index is 12.0. The number of benzene rings is 2. The van der Waals surface area contributed by atoms with Gasteiger partial charge in [0.1, 0.15) is 11.9 Å². The molecule has 1 amide bonds. The van der Waals surface area contributed by atoms with Crippen LogP contribution in [0.5, 0.6) is 5.75 Å². The molecule has 1 saturated heterocycles. The van der Waals surface area contributed by atoms with E-state index in [0.717, 1.165) is 22.3 Å². The summed E-state index contributed by atoms with van der Waals surface area (Å²) in [6.45, 7) is 3.33. The lowest BCUT2D eigenvalue weighted by Crippen LogP contribution is -2.51. The molecule has 1 heterocycles. The molecule has 8 nitrogen and oxygen atoms in total. The monoisotopic (exact) mass is 535 g/mol. The minimum absolute atomic E-state index is 0.174. The smallest absolute Gasteiger partial charge is 0.220 e. The number of rotatable bonds is 11. The number of ether oxygens (including phenoxy) is 1. The summed E-state index contributed by atoms with van der Waals surface area (Å²) in [6, 6.07) is 14.0. The van der Waals surface area contributed by atoms with Gasteiger partial charge < -0.3 is 35.6 Å². The molecule has 0 aliphatic carbocycles. The number of amides is 1. The SMILES string of the molecule is Cc1ccc([C@H]2[C@H](O)[C@H](O)[C@H](O)C[SH]2C)cc1Cc1ccc(OCCCC(=O)NC(C)(CO)CO)cc1. The van der Waals surface area contributed by atoms with Crippen molar-refractivity contribution < 1.29 is 35.1 Å². The molecular weight excluding hydrogens is 494 g/mol. The Morgan fingerprint density at radius 2 is 1.76 bits per heavy atom. The molecule has 2 aromatic rings. The third kappa shape index (κ3) is 7.69. The molecule has 0 bridgehead atoms. The summed E-state index contributed by atoms with van der Waals surface area (Å²) < 4.78 is 5.76. The number of carbonyl (C=O) groups excluding carboxylic acids is 1. The lowest BCUT2D eigenvalue weighted by atomic mass is 9.94. The molecule has 6 N–H and O–H groups in total. The second-order valence-corrected chi connectivity index (χ2v) is 12.8. The number of carbonyl (C=O) groups is 1. The predicted octanol–water partition coefficient (Wildman–Crippen LogP) is 1.37. The van der Waals surface area contributed by atoms with Crippen LogP contribution in [-0.2, 0) is 11.2 Å². The van der Waals surface area contributed by atoms with E-state index in [1.807, 2.05) is 30.3 Å². The van der Waals surface area contributed by atoms with Crippen LogP contribution in [0.15, 0.2) is 42.5 Å². The number of hydrogen-bond donors (Lipinski definition) is 7. The van der Waals surface area contributed by atoms with E-state index in [1.165, 1.54) is 0 Å². The average Bonchev–Trinajstić information content (AvgIpc) is 2.88. The maximum atomic E-state index is 12.0. The molecule has 0 radical (unpaired) electrons. The molecule has 0 saturated carbocycles. The van der Waals surface area contributed by atoms with E-state index in [-0.39, 0.29) is 30.8 Å². The van der Waals surface area contributed by atoms with Crippen molar-refractivity contribution in [2.75, 3.05) is 31.8 Å². The zero-order chi connectivity index (χ0) is 27.2. The Morgan fingerprint density at radius 1 is 1.08 bits per heavy atom. The van der Waals surface area contributed by atoms with Crippen molar-refractivity contribution in [3.05, 3.63) is 64.7 Å². The van der Waals surface area contributed by atoms with Crippen molar-refractivity contribution in [1.29, 1.82) is 0 Å². The molecule has 1 aliphatic rings. The molecule has 5 atom stereocenters. The van der Waals surface area contributed by atoms with E-state index in [9.17, 15) is 30.3 Å². The fraction of sp³-hybridized carbons (Fsp3) is 0.536. The quantitative estimate of drug-likeness (QED) is 0.170. The lowest BCUT2D eigenvalue weighted by molar-refractivity contribution is -0.124. The number of nitrogens with one attached hydrogen (secondary N) is 1. The largest absolute Gasteiger partial charge is 0.494 e. The Kier molecular flexibility index (Phi) is 10.4. The molecule has 1 fully saturated rings. The van der Waals surface area contributed by atoms with Gasteiger partial charge in [-0.15, -0.1) is 0 Å². The molecule has 37 heavy (non-hydrogen) atoms. The first-order valence-corrected chi connectivity index (χ1v) is 14.7. The lowest BCUT2D eigenvalue weighted by Gasteiger charge is -2.42. The zero-order valence-corrected chi connectivity index (χ0v) is 22.7. The van der Waals surface area contributed by atoms with Crippen molar-refractivity contribution in [2.45, 2.75) is 62.2 Å². The molecular formula is C28H41NO7S. The van der Waals surface area contributed by atoms with Crippen LogP contribution in [0.4, 0.5) is 0 Å². The third-order valence-electron chi connectivity index (χ3n) is 7.01. The number of hydrogen-bond acceptors (Lipinski definition) is 7. The van der Waals surface area contributed by atoms with Crippen molar-refractivity contribution in [1.82, 2.24) is 5.32 Å². The minimum Gasteiger partial charge on any atom is -0.494 e. The summed E-state index contributed by atoms with van der Waals surface area (Å²) >= 11 is 0. The van der Waals surface area contributed by atoms with Crippen molar-refractivity contribution in [2.24, 2.45) is 0 Å². The van der Waals surface area contributed by atoms with Gasteiger partial charge in [-0.2, -0.15) is 0 Å². The van der Waals surface area contributed by atoms with Crippen LogP contribution < -0.4 is 10.1 Å². The van der Waals surface area contributed by atoms with Crippen molar-refractivity contribution >= 4 is 16.8 Å². The van der Waals surface area contributed by atoms with E-state index in [0.29, 0.717) is 31.0 Å². The van der Waals surface area contributed by atoms with Crippen LogP contribution in [0, 0.1) is 6.92 Å². The Labute approximate surface area is 221 Å². The summed E-state index contributed by atoms with van der Waals surface area (Å²) in [6.07, 6.45) is 0.524. The number of aliphatic hydroxyl groups is 5. The number of thiol groups is 1. The fourth-order valence-corrected chi connectivity index (χ4v) is 6.98. The fourth-order valence-electron chi connectivity index (χ4n) is 4.58. The molecule has 2 aromatic carbocycles. The van der Waals surface area contributed by atoms with E-state index in [1.54, 1.807) is 6.92 Å². The second kappa shape index (κ2) is 13.1. The van der Waals surface area contributed by atoms with E-state index in [4.69, 9.17) is 4.74 Å². The average molecular weight is 536 g/mol. The normalized spacial score (nSPS) is 25.0. The van der Waals surface area contributed by atoms with Gasteiger partial charge in [0.05, 0.1) is 37.6 Å². The topological polar surface area (TPSA) is 139 Å². The van der Waals surface area contributed by atoms with Crippen molar-refractivity contribution in [3.63, 3.8) is 0 Å². The van der Waals surface area contributed by atoms with Gasteiger partial charge in [-0.3, -0.25) is 4.79 Å². The Morgan fingerprint density at radius 3 is 2.41 bits per heavy atom.